The molecule has 142 valence electrons. The van der Waals surface area contributed by atoms with Crippen molar-refractivity contribution in [3.63, 3.8) is 0 Å². The van der Waals surface area contributed by atoms with Gasteiger partial charge in [0.1, 0.15) is 0 Å². The quantitative estimate of drug-likeness (QED) is 0.278. The van der Waals surface area contributed by atoms with Crippen LogP contribution in [-0.4, -0.2) is 0 Å². The fourth-order valence-electron chi connectivity index (χ4n) is 4.04. The number of hydrogen-bond donors (Lipinski definition) is 0. The number of rotatable bonds is 6. The van der Waals surface area contributed by atoms with Gasteiger partial charge in [0.15, 0.2) is 0 Å². The lowest BCUT2D eigenvalue weighted by atomic mass is 9.74. The molecule has 1 aromatic rings. The van der Waals surface area contributed by atoms with Crippen molar-refractivity contribution in [2.24, 2.45) is 0 Å². The second-order valence-electron chi connectivity index (χ2n) is 9.21. The summed E-state index contributed by atoms with van der Waals surface area (Å²) in [5, 5.41) is 0. The van der Waals surface area contributed by atoms with Crippen molar-refractivity contribution in [2.75, 3.05) is 0 Å². The Morgan fingerprint density at radius 1 is 1.00 bits per heavy atom. The summed E-state index contributed by atoms with van der Waals surface area (Å²) in [5.74, 6) is 0. The zero-order valence-corrected chi connectivity index (χ0v) is 17.9. The van der Waals surface area contributed by atoms with Crippen LogP contribution < -0.4 is 0 Å². The first-order valence-electron chi connectivity index (χ1n) is 10.4. The summed E-state index contributed by atoms with van der Waals surface area (Å²) in [4.78, 5) is 0. The van der Waals surface area contributed by atoms with Crippen LogP contribution in [0.2, 0.25) is 0 Å². The predicted octanol–water partition coefficient (Wildman–Crippen LogP) is 7.83. The molecule has 2 rings (SSSR count). The molecular formula is C26H38. The highest BCUT2D eigenvalue weighted by Gasteiger charge is 2.34. The summed E-state index contributed by atoms with van der Waals surface area (Å²) in [6.07, 6.45) is 18.4. The lowest BCUT2D eigenvalue weighted by molar-refractivity contribution is 0.433. The average molecular weight is 351 g/mol. The van der Waals surface area contributed by atoms with Gasteiger partial charge in [0.25, 0.3) is 0 Å². The van der Waals surface area contributed by atoms with Crippen molar-refractivity contribution in [3.05, 3.63) is 70.8 Å². The molecule has 26 heavy (non-hydrogen) atoms. The van der Waals surface area contributed by atoms with Crippen LogP contribution in [0.3, 0.4) is 0 Å². The van der Waals surface area contributed by atoms with E-state index in [0.29, 0.717) is 10.8 Å². The van der Waals surface area contributed by atoms with Crippen LogP contribution in [0.5, 0.6) is 0 Å². The maximum Gasteiger partial charge on any atom is -0.0101 e. The summed E-state index contributed by atoms with van der Waals surface area (Å²) in [5.41, 5.74) is 6.59. The first kappa shape index (κ1) is 20.7. The minimum atomic E-state index is 0.300. The average Bonchev–Trinajstić information content (AvgIpc) is 2.68. The normalized spacial score (nSPS) is 19.7. The molecule has 0 aromatic heterocycles. The summed E-state index contributed by atoms with van der Waals surface area (Å²) in [6.45, 7) is 13.9. The molecule has 0 amide bonds. The van der Waals surface area contributed by atoms with E-state index in [1.54, 1.807) is 11.1 Å². The molecule has 0 saturated heterocycles. The van der Waals surface area contributed by atoms with E-state index < -0.39 is 0 Å². The topological polar surface area (TPSA) is 0 Å². The second kappa shape index (κ2) is 8.89. The van der Waals surface area contributed by atoms with Gasteiger partial charge >= 0.3 is 0 Å². The Labute approximate surface area is 162 Å². The van der Waals surface area contributed by atoms with Crippen molar-refractivity contribution >= 4 is 0 Å². The van der Waals surface area contributed by atoms with E-state index in [-0.39, 0.29) is 0 Å². The number of aryl methyl sites for hydroxylation is 1. The fourth-order valence-corrected chi connectivity index (χ4v) is 4.04. The Hall–Kier alpha value is -1.56. The van der Waals surface area contributed by atoms with Gasteiger partial charge in [-0.05, 0) is 73.5 Å². The zero-order chi connectivity index (χ0) is 19.2. The molecule has 0 aliphatic heterocycles. The monoisotopic (exact) mass is 350 g/mol. The Balaban J connectivity index is 2.01. The predicted molar refractivity (Wildman–Crippen MR) is 117 cm³/mol. The van der Waals surface area contributed by atoms with Gasteiger partial charge in [-0.15, -0.1) is 0 Å². The molecule has 1 aliphatic carbocycles. The van der Waals surface area contributed by atoms with Gasteiger partial charge in [-0.2, -0.15) is 0 Å². The summed E-state index contributed by atoms with van der Waals surface area (Å²) in [6, 6.07) is 7.32. The number of benzene rings is 1. The summed E-state index contributed by atoms with van der Waals surface area (Å²) in [7, 11) is 0. The highest BCUT2D eigenvalue weighted by molar-refractivity contribution is 5.42. The Morgan fingerprint density at radius 3 is 2.38 bits per heavy atom. The van der Waals surface area contributed by atoms with Gasteiger partial charge in [-0.25, -0.2) is 0 Å². The molecule has 0 fully saturated rings. The highest BCUT2D eigenvalue weighted by atomic mass is 14.4. The molecule has 0 bridgehead atoms. The number of fused-ring (bicyclic) bond motifs is 1. The molecule has 0 heterocycles. The number of hydrogen-bond acceptors (Lipinski definition) is 0. The van der Waals surface area contributed by atoms with E-state index in [9.17, 15) is 0 Å². The van der Waals surface area contributed by atoms with Gasteiger partial charge in [0.2, 0.25) is 0 Å². The Kier molecular flexibility index (Phi) is 7.09. The van der Waals surface area contributed by atoms with E-state index >= 15 is 0 Å². The lowest BCUT2D eigenvalue weighted by Gasteiger charge is -2.30. The lowest BCUT2D eigenvalue weighted by Crippen LogP contribution is -2.22. The van der Waals surface area contributed by atoms with Gasteiger partial charge in [0, 0.05) is 0 Å². The van der Waals surface area contributed by atoms with Gasteiger partial charge in [0.05, 0.1) is 0 Å². The van der Waals surface area contributed by atoms with Crippen LogP contribution in [-0.2, 0) is 17.3 Å². The van der Waals surface area contributed by atoms with Gasteiger partial charge in [-0.3, -0.25) is 0 Å². The van der Waals surface area contributed by atoms with Crippen molar-refractivity contribution in [1.82, 2.24) is 0 Å². The molecule has 0 radical (unpaired) electrons. The SMILES string of the molecule is C/C=C(C)/C=C/C=C/CCCc1ccc2c(c1)C(C)(C)CCCC2(C)C. The third-order valence-electron chi connectivity index (χ3n) is 6.04. The van der Waals surface area contributed by atoms with Crippen molar-refractivity contribution in [3.8, 4) is 0 Å². The van der Waals surface area contributed by atoms with Crippen LogP contribution in [0.15, 0.2) is 54.2 Å². The fraction of sp³-hybridized carbons (Fsp3) is 0.538. The largest absolute Gasteiger partial charge is 0.0847 e. The Morgan fingerprint density at radius 2 is 1.69 bits per heavy atom. The van der Waals surface area contributed by atoms with Gasteiger partial charge in [-0.1, -0.05) is 88.3 Å². The molecule has 0 saturated carbocycles. The van der Waals surface area contributed by atoms with Crippen LogP contribution in [0.4, 0.5) is 0 Å². The highest BCUT2D eigenvalue weighted by Crippen LogP contribution is 2.43. The van der Waals surface area contributed by atoms with Crippen LogP contribution in [0.25, 0.3) is 0 Å². The molecular weight excluding hydrogens is 312 g/mol. The van der Waals surface area contributed by atoms with Crippen LogP contribution in [0, 0.1) is 0 Å². The molecule has 0 heteroatoms. The molecule has 1 aliphatic rings. The molecule has 0 spiro atoms. The molecule has 1 aromatic carbocycles. The number of allylic oxidation sites excluding steroid dienone is 6. The standard InChI is InChI=1S/C26H38/c1-7-21(2)14-11-9-8-10-12-15-22-16-17-23-24(20-22)26(5,6)19-13-18-25(23,3)4/h7-9,11,14,16-17,20H,10,12-13,15,18-19H2,1-6H3/b9-8+,14-11+,21-7+. The van der Waals surface area contributed by atoms with E-state index in [1.165, 1.54) is 43.2 Å². The summed E-state index contributed by atoms with van der Waals surface area (Å²) < 4.78 is 0. The van der Waals surface area contributed by atoms with Crippen molar-refractivity contribution in [2.45, 2.75) is 90.9 Å². The second-order valence-corrected chi connectivity index (χ2v) is 9.21. The smallest absolute Gasteiger partial charge is 0.0101 e. The number of unbranched alkanes of at least 4 members (excludes halogenated alkanes) is 1. The first-order chi connectivity index (χ1) is 12.3. The Bertz CT molecular complexity index is 680. The molecule has 0 unspecified atom stereocenters. The van der Waals surface area contributed by atoms with E-state index in [0.717, 1.165) is 6.42 Å². The van der Waals surface area contributed by atoms with E-state index in [1.807, 2.05) is 0 Å². The zero-order valence-electron chi connectivity index (χ0n) is 17.9. The molecule has 0 atom stereocenters. The first-order valence-corrected chi connectivity index (χ1v) is 10.4. The maximum absolute atomic E-state index is 2.52. The minimum Gasteiger partial charge on any atom is -0.0847 e. The van der Waals surface area contributed by atoms with Crippen molar-refractivity contribution < 1.29 is 0 Å². The third kappa shape index (κ3) is 5.47. The molecule has 0 N–H and O–H groups in total. The third-order valence-corrected chi connectivity index (χ3v) is 6.04. The maximum atomic E-state index is 2.52. The van der Waals surface area contributed by atoms with E-state index in [4.69, 9.17) is 0 Å². The molecule has 0 nitrogen and oxygen atoms in total. The van der Waals surface area contributed by atoms with Gasteiger partial charge < -0.3 is 0 Å². The minimum absolute atomic E-state index is 0.300. The van der Waals surface area contributed by atoms with E-state index in [2.05, 4.69) is 90.1 Å². The van der Waals surface area contributed by atoms with Crippen LogP contribution >= 0.6 is 0 Å². The summed E-state index contributed by atoms with van der Waals surface area (Å²) >= 11 is 0. The van der Waals surface area contributed by atoms with Crippen molar-refractivity contribution in [1.29, 1.82) is 0 Å². The van der Waals surface area contributed by atoms with Crippen LogP contribution in [0.1, 0.15) is 90.3 Å².